The summed E-state index contributed by atoms with van der Waals surface area (Å²) in [5, 5.41) is 0. The normalized spacial score (nSPS) is 0. The van der Waals surface area contributed by atoms with E-state index in [-0.39, 0.29) is 131 Å². The molecule has 0 atom stereocenters. The maximum absolute atomic E-state index is 0. The second-order valence-corrected chi connectivity index (χ2v) is 0. The predicted molar refractivity (Wildman–Crippen MR) is 11.5 cm³/mol. The summed E-state index contributed by atoms with van der Waals surface area (Å²) in [5.41, 5.74) is 0. The van der Waals surface area contributed by atoms with Crippen molar-refractivity contribution in [1.29, 1.82) is 0 Å². The molecule has 6 radical (unpaired) electrons. The average molecular weight is 581 g/mol. The third kappa shape index (κ3) is 17.8. The Hall–Kier alpha value is 4.40. The zero-order chi connectivity index (χ0) is 0. The Labute approximate surface area is 127 Å². The molecule has 0 aromatic heterocycles. The van der Waals surface area contributed by atoms with Gasteiger partial charge >= 0.3 is 81.9 Å². The molecule has 5 heteroatoms. The second kappa shape index (κ2) is 23.8. The molecule has 0 bridgehead atoms. The fraction of sp³-hybridized carbons (Fsp3) is 0. The van der Waals surface area contributed by atoms with Crippen LogP contribution in [0.5, 0.6) is 0 Å². The van der Waals surface area contributed by atoms with Crippen LogP contribution in [-0.2, 0) is 81.9 Å². The van der Waals surface area contributed by atoms with E-state index >= 15 is 0 Å². The molecular weight excluding hydrogens is 581 g/mol. The summed E-state index contributed by atoms with van der Waals surface area (Å²) >= 11 is 0. The second-order valence-electron chi connectivity index (χ2n) is 0. The van der Waals surface area contributed by atoms with Crippen molar-refractivity contribution in [3.05, 3.63) is 0 Å². The maximum Gasteiger partial charge on any atom is 2.00 e. The van der Waals surface area contributed by atoms with E-state index in [0.29, 0.717) is 0 Å². The van der Waals surface area contributed by atoms with Crippen molar-refractivity contribution in [2.75, 3.05) is 0 Å². The van der Waals surface area contributed by atoms with E-state index in [1.54, 1.807) is 0 Å². The average Bonchev–Trinajstić information content (AvgIpc) is 0. The molecule has 0 nitrogen and oxygen atoms in total. The van der Waals surface area contributed by atoms with Gasteiger partial charge in [0.25, 0.3) is 0 Å². The monoisotopic (exact) mass is 584 g/mol. The van der Waals surface area contributed by atoms with Gasteiger partial charge in [0.1, 0.15) is 0 Å². The molecule has 5 heavy (non-hydrogen) atoms. The van der Waals surface area contributed by atoms with Crippen LogP contribution in [0.3, 0.4) is 0 Å². The van der Waals surface area contributed by atoms with E-state index in [1.807, 2.05) is 0 Å². The first-order valence-electron chi connectivity index (χ1n) is 0. The molecule has 0 saturated heterocycles. The van der Waals surface area contributed by atoms with Crippen LogP contribution in [0.25, 0.3) is 0 Å². The van der Waals surface area contributed by atoms with Crippen molar-refractivity contribution >= 4 is 48.9 Å². The van der Waals surface area contributed by atoms with Crippen LogP contribution in [0.1, 0.15) is 0 Å². The molecule has 0 heterocycles. The molecule has 0 aliphatic carbocycles. The molecule has 0 aromatic rings. The van der Waals surface area contributed by atoms with Gasteiger partial charge in [-0.05, 0) is 0 Å². The first-order valence-corrected chi connectivity index (χ1v) is 0. The van der Waals surface area contributed by atoms with Crippen molar-refractivity contribution in [2.45, 2.75) is 0 Å². The molecule has 0 aliphatic heterocycles. The van der Waals surface area contributed by atoms with Gasteiger partial charge in [-0.1, -0.05) is 0 Å². The predicted octanol–water partition coefficient (Wildman–Crippen LogP) is -0.769. The summed E-state index contributed by atoms with van der Waals surface area (Å²) in [6.45, 7) is 0. The first-order chi connectivity index (χ1) is 0. The van der Waals surface area contributed by atoms with Crippen LogP contribution in [0.15, 0.2) is 0 Å². The van der Waals surface area contributed by atoms with Gasteiger partial charge in [-0.25, -0.2) is 0 Å². The Balaban J connectivity index is 0. The standard InChI is InChI=1S/3Cd.2Sb/q3*+2;;. The van der Waals surface area contributed by atoms with Crippen LogP contribution in [-0.4, -0.2) is 48.9 Å². The third-order valence-electron chi connectivity index (χ3n) is 0. The number of rotatable bonds is 0. The van der Waals surface area contributed by atoms with Crippen molar-refractivity contribution in [2.24, 2.45) is 0 Å². The quantitative estimate of drug-likeness (QED) is 0.331. The Kier molecular flexibility index (Phi) is 163. The van der Waals surface area contributed by atoms with Gasteiger partial charge in [-0.15, -0.1) is 0 Å². The third-order valence-corrected chi connectivity index (χ3v) is 0. The van der Waals surface area contributed by atoms with E-state index in [2.05, 4.69) is 0 Å². The first kappa shape index (κ1) is 34.2. The topological polar surface area (TPSA) is 0 Å². The van der Waals surface area contributed by atoms with Gasteiger partial charge in [0.2, 0.25) is 0 Å². The van der Waals surface area contributed by atoms with Crippen LogP contribution < -0.4 is 0 Å². The molecule has 10 valence electrons. The summed E-state index contributed by atoms with van der Waals surface area (Å²) in [6, 6.07) is 0. The Morgan fingerprint density at radius 3 is 0.400 bits per heavy atom. The van der Waals surface area contributed by atoms with Crippen molar-refractivity contribution in [3.63, 3.8) is 0 Å². The van der Waals surface area contributed by atoms with Gasteiger partial charge in [-0.3, -0.25) is 0 Å². The van der Waals surface area contributed by atoms with E-state index < -0.39 is 0 Å². The molecule has 0 fully saturated rings. The number of hydrogen-bond acceptors (Lipinski definition) is 0. The Bertz CT molecular complexity index is 4.85. The minimum absolute atomic E-state index is 0. The smallest absolute Gasteiger partial charge is 0 e. The van der Waals surface area contributed by atoms with Gasteiger partial charge in [0, 0.05) is 48.9 Å². The van der Waals surface area contributed by atoms with E-state index in [0.717, 1.165) is 0 Å². The van der Waals surface area contributed by atoms with E-state index in [9.17, 15) is 0 Å². The van der Waals surface area contributed by atoms with Gasteiger partial charge in [-0.2, -0.15) is 0 Å². The molecule has 0 rings (SSSR count). The maximum atomic E-state index is 0. The SMILES string of the molecule is [Cd+2].[Cd+2].[Cd+2].[Sb].[Sb]. The van der Waals surface area contributed by atoms with Crippen LogP contribution in [0.4, 0.5) is 0 Å². The summed E-state index contributed by atoms with van der Waals surface area (Å²) in [6.07, 6.45) is 0. The minimum Gasteiger partial charge on any atom is 0 e. The van der Waals surface area contributed by atoms with E-state index in [1.165, 1.54) is 0 Å². The van der Waals surface area contributed by atoms with Crippen LogP contribution in [0.2, 0.25) is 0 Å². The van der Waals surface area contributed by atoms with Crippen LogP contribution >= 0.6 is 0 Å². The Morgan fingerprint density at radius 1 is 0.400 bits per heavy atom. The largest absolute Gasteiger partial charge is 2.00 e. The molecule has 0 N–H and O–H groups in total. The summed E-state index contributed by atoms with van der Waals surface area (Å²) < 4.78 is 0. The fourth-order valence-electron chi connectivity index (χ4n) is 0. The zero-order valence-electron chi connectivity index (χ0n) is 3.02. The van der Waals surface area contributed by atoms with Crippen molar-refractivity contribution in [3.8, 4) is 0 Å². The summed E-state index contributed by atoms with van der Waals surface area (Å²) in [4.78, 5) is 0. The number of hydrogen-bond donors (Lipinski definition) is 0. The Morgan fingerprint density at radius 2 is 0.400 bits per heavy atom. The fourth-order valence-corrected chi connectivity index (χ4v) is 0. The molecule has 0 aliphatic rings. The molecule has 0 spiro atoms. The van der Waals surface area contributed by atoms with Gasteiger partial charge in [0.05, 0.1) is 0 Å². The summed E-state index contributed by atoms with van der Waals surface area (Å²) in [5.74, 6) is 0. The minimum atomic E-state index is 0. The zero-order valence-corrected chi connectivity index (χ0v) is 20.2. The van der Waals surface area contributed by atoms with Crippen molar-refractivity contribution in [1.82, 2.24) is 0 Å². The molecular formula is Cd3Sb2+6. The summed E-state index contributed by atoms with van der Waals surface area (Å²) in [7, 11) is 0. The molecule has 0 aromatic carbocycles. The van der Waals surface area contributed by atoms with E-state index in [4.69, 9.17) is 0 Å². The molecule has 0 saturated carbocycles. The van der Waals surface area contributed by atoms with Crippen molar-refractivity contribution < 1.29 is 81.9 Å². The van der Waals surface area contributed by atoms with Gasteiger partial charge in [0.15, 0.2) is 0 Å². The molecule has 0 amide bonds. The molecule has 0 unspecified atom stereocenters. The van der Waals surface area contributed by atoms with Gasteiger partial charge < -0.3 is 0 Å². The van der Waals surface area contributed by atoms with Crippen LogP contribution in [0, 0.1) is 0 Å².